The highest BCUT2D eigenvalue weighted by Gasteiger charge is 2.28. The van der Waals surface area contributed by atoms with Crippen LogP contribution in [0.15, 0.2) is 11.6 Å². The van der Waals surface area contributed by atoms with Crippen molar-refractivity contribution < 1.29 is 4.79 Å². The van der Waals surface area contributed by atoms with Crippen molar-refractivity contribution in [3.63, 3.8) is 0 Å². The summed E-state index contributed by atoms with van der Waals surface area (Å²) in [5.41, 5.74) is 6.26. The summed E-state index contributed by atoms with van der Waals surface area (Å²) in [4.78, 5) is 13.6. The van der Waals surface area contributed by atoms with Gasteiger partial charge < -0.3 is 10.6 Å². The molecule has 0 aromatic carbocycles. The molecule has 3 heteroatoms. The van der Waals surface area contributed by atoms with Crippen molar-refractivity contribution in [2.45, 2.75) is 32.7 Å². The SMILES string of the molecule is CC1=CCCN(C(=O)C(C)(C)N)C1. The molecule has 1 aliphatic heterocycles. The Kier molecular flexibility index (Phi) is 2.76. The Morgan fingerprint density at radius 2 is 2.23 bits per heavy atom. The molecule has 0 spiro atoms. The zero-order chi connectivity index (χ0) is 10.1. The molecule has 1 rings (SSSR count). The Bertz CT molecular complexity index is 238. The number of rotatable bonds is 1. The standard InChI is InChI=1S/C10H18N2O/c1-8-5-4-6-12(7-8)9(13)10(2,3)11/h5H,4,6-7,11H2,1-3H3. The van der Waals surface area contributed by atoms with Gasteiger partial charge in [0.1, 0.15) is 0 Å². The smallest absolute Gasteiger partial charge is 0.242 e. The summed E-state index contributed by atoms with van der Waals surface area (Å²) < 4.78 is 0. The maximum absolute atomic E-state index is 11.7. The van der Waals surface area contributed by atoms with Gasteiger partial charge in [-0.2, -0.15) is 0 Å². The lowest BCUT2D eigenvalue weighted by molar-refractivity contribution is -0.135. The summed E-state index contributed by atoms with van der Waals surface area (Å²) >= 11 is 0. The van der Waals surface area contributed by atoms with E-state index in [2.05, 4.69) is 6.08 Å². The van der Waals surface area contributed by atoms with Crippen LogP contribution in [0.3, 0.4) is 0 Å². The van der Waals surface area contributed by atoms with Gasteiger partial charge in [0.25, 0.3) is 0 Å². The number of carbonyl (C=O) groups is 1. The molecule has 0 aliphatic carbocycles. The van der Waals surface area contributed by atoms with Gasteiger partial charge in [-0.25, -0.2) is 0 Å². The van der Waals surface area contributed by atoms with Crippen LogP contribution in [0.4, 0.5) is 0 Å². The van der Waals surface area contributed by atoms with Gasteiger partial charge in [-0.3, -0.25) is 4.79 Å². The average Bonchev–Trinajstić information content (AvgIpc) is 2.01. The summed E-state index contributed by atoms with van der Waals surface area (Å²) in [7, 11) is 0. The summed E-state index contributed by atoms with van der Waals surface area (Å²) in [6.07, 6.45) is 3.13. The number of nitrogens with zero attached hydrogens (tertiary/aromatic N) is 1. The van der Waals surface area contributed by atoms with E-state index < -0.39 is 5.54 Å². The lowest BCUT2D eigenvalue weighted by Gasteiger charge is -2.31. The molecule has 1 aliphatic rings. The molecule has 0 bridgehead atoms. The predicted octanol–water partition coefficient (Wildman–Crippen LogP) is 0.902. The first-order chi connectivity index (χ1) is 5.91. The van der Waals surface area contributed by atoms with Gasteiger partial charge in [0.15, 0.2) is 0 Å². The second kappa shape index (κ2) is 3.50. The summed E-state index contributed by atoms with van der Waals surface area (Å²) in [6, 6.07) is 0. The second-order valence-corrected chi connectivity index (χ2v) is 4.29. The first kappa shape index (κ1) is 10.3. The first-order valence-electron chi connectivity index (χ1n) is 4.65. The largest absolute Gasteiger partial charge is 0.337 e. The third-order valence-electron chi connectivity index (χ3n) is 2.17. The molecule has 0 atom stereocenters. The van der Waals surface area contributed by atoms with Gasteiger partial charge in [-0.1, -0.05) is 11.6 Å². The Morgan fingerprint density at radius 1 is 1.62 bits per heavy atom. The monoisotopic (exact) mass is 182 g/mol. The highest BCUT2D eigenvalue weighted by atomic mass is 16.2. The molecular formula is C10H18N2O. The molecule has 0 unspecified atom stereocenters. The number of amides is 1. The van der Waals surface area contributed by atoms with Gasteiger partial charge >= 0.3 is 0 Å². The fourth-order valence-corrected chi connectivity index (χ4v) is 1.49. The van der Waals surface area contributed by atoms with Crippen LogP contribution in [-0.2, 0) is 4.79 Å². The van der Waals surface area contributed by atoms with Crippen molar-refractivity contribution in [2.24, 2.45) is 5.73 Å². The first-order valence-corrected chi connectivity index (χ1v) is 4.65. The van der Waals surface area contributed by atoms with Gasteiger partial charge in [0.05, 0.1) is 5.54 Å². The topological polar surface area (TPSA) is 46.3 Å². The van der Waals surface area contributed by atoms with Crippen molar-refractivity contribution in [1.29, 1.82) is 0 Å². The van der Waals surface area contributed by atoms with Gasteiger partial charge in [0, 0.05) is 13.1 Å². The van der Waals surface area contributed by atoms with Gasteiger partial charge in [-0.05, 0) is 27.2 Å². The Morgan fingerprint density at radius 3 is 2.69 bits per heavy atom. The Hall–Kier alpha value is -0.830. The van der Waals surface area contributed by atoms with Crippen LogP contribution >= 0.6 is 0 Å². The molecule has 0 fully saturated rings. The van der Waals surface area contributed by atoms with E-state index in [0.717, 1.165) is 19.5 Å². The van der Waals surface area contributed by atoms with Crippen molar-refractivity contribution >= 4 is 5.91 Å². The Balaban J connectivity index is 2.65. The maximum atomic E-state index is 11.7. The third kappa shape index (κ3) is 2.56. The fraction of sp³-hybridized carbons (Fsp3) is 0.700. The highest BCUT2D eigenvalue weighted by Crippen LogP contribution is 2.12. The van der Waals surface area contributed by atoms with Crippen LogP contribution in [0.5, 0.6) is 0 Å². The molecule has 0 radical (unpaired) electrons. The van der Waals surface area contributed by atoms with Crippen LogP contribution in [-0.4, -0.2) is 29.4 Å². The second-order valence-electron chi connectivity index (χ2n) is 4.29. The molecule has 1 amide bonds. The molecular weight excluding hydrogens is 164 g/mol. The minimum Gasteiger partial charge on any atom is -0.337 e. The molecule has 0 saturated carbocycles. The van der Waals surface area contributed by atoms with Crippen molar-refractivity contribution in [2.75, 3.05) is 13.1 Å². The average molecular weight is 182 g/mol. The van der Waals surface area contributed by atoms with Crippen molar-refractivity contribution in [3.8, 4) is 0 Å². The molecule has 13 heavy (non-hydrogen) atoms. The van der Waals surface area contributed by atoms with Crippen LogP contribution in [0.1, 0.15) is 27.2 Å². The molecule has 3 nitrogen and oxygen atoms in total. The fourth-order valence-electron chi connectivity index (χ4n) is 1.49. The van der Waals surface area contributed by atoms with E-state index in [0.29, 0.717) is 0 Å². The minimum atomic E-state index is -0.738. The quantitative estimate of drug-likeness (QED) is 0.612. The van der Waals surface area contributed by atoms with E-state index in [1.54, 1.807) is 13.8 Å². The molecule has 0 aromatic heterocycles. The summed E-state index contributed by atoms with van der Waals surface area (Å²) in [5.74, 6) is 0.0416. The van der Waals surface area contributed by atoms with Crippen LogP contribution in [0.2, 0.25) is 0 Å². The van der Waals surface area contributed by atoms with E-state index in [9.17, 15) is 4.79 Å². The van der Waals surface area contributed by atoms with E-state index in [-0.39, 0.29) is 5.91 Å². The summed E-state index contributed by atoms with van der Waals surface area (Å²) in [5, 5.41) is 0. The number of hydrogen-bond acceptors (Lipinski definition) is 2. The molecule has 74 valence electrons. The maximum Gasteiger partial charge on any atom is 0.242 e. The van der Waals surface area contributed by atoms with Crippen LogP contribution in [0.25, 0.3) is 0 Å². The van der Waals surface area contributed by atoms with Crippen LogP contribution in [0, 0.1) is 0 Å². The van der Waals surface area contributed by atoms with Crippen molar-refractivity contribution in [1.82, 2.24) is 4.90 Å². The molecule has 1 heterocycles. The normalized spacial score (nSPS) is 18.5. The van der Waals surface area contributed by atoms with E-state index >= 15 is 0 Å². The van der Waals surface area contributed by atoms with Crippen LogP contribution < -0.4 is 5.73 Å². The number of hydrogen-bond donors (Lipinski definition) is 1. The van der Waals surface area contributed by atoms with Gasteiger partial charge in [0.2, 0.25) is 5.91 Å². The van der Waals surface area contributed by atoms with E-state index in [1.165, 1.54) is 5.57 Å². The summed E-state index contributed by atoms with van der Waals surface area (Å²) in [6.45, 7) is 7.09. The molecule has 2 N–H and O–H groups in total. The lowest BCUT2D eigenvalue weighted by atomic mass is 10.0. The van der Waals surface area contributed by atoms with E-state index in [4.69, 9.17) is 5.73 Å². The van der Waals surface area contributed by atoms with E-state index in [1.807, 2.05) is 11.8 Å². The predicted molar refractivity (Wildman–Crippen MR) is 53.2 cm³/mol. The number of carbonyl (C=O) groups excluding carboxylic acids is 1. The van der Waals surface area contributed by atoms with Crippen molar-refractivity contribution in [3.05, 3.63) is 11.6 Å². The minimum absolute atomic E-state index is 0.0416. The molecule has 0 saturated heterocycles. The zero-order valence-electron chi connectivity index (χ0n) is 8.63. The highest BCUT2D eigenvalue weighted by molar-refractivity contribution is 5.85. The third-order valence-corrected chi connectivity index (χ3v) is 2.17. The lowest BCUT2D eigenvalue weighted by Crippen LogP contribution is -2.52. The van der Waals surface area contributed by atoms with Gasteiger partial charge in [-0.15, -0.1) is 0 Å². The Labute approximate surface area is 79.6 Å². The number of nitrogens with two attached hydrogens (primary N) is 1. The zero-order valence-corrected chi connectivity index (χ0v) is 8.63. The molecule has 0 aromatic rings.